The highest BCUT2D eigenvalue weighted by Crippen LogP contribution is 2.20. The van der Waals surface area contributed by atoms with Crippen molar-refractivity contribution in [1.82, 2.24) is 0 Å². The van der Waals surface area contributed by atoms with E-state index in [4.69, 9.17) is 4.74 Å². The molecule has 0 unspecified atom stereocenters. The third kappa shape index (κ3) is 4.23. The smallest absolute Gasteiger partial charge is 0.139 e. The molecule has 2 nitrogen and oxygen atoms in total. The molecule has 1 N–H and O–H groups in total. The zero-order valence-electron chi connectivity index (χ0n) is 11.5. The van der Waals surface area contributed by atoms with Crippen LogP contribution >= 0.6 is 15.9 Å². The van der Waals surface area contributed by atoms with E-state index in [-0.39, 0.29) is 11.9 Å². The lowest BCUT2D eigenvalue weighted by Gasteiger charge is -2.11. The number of benzene rings is 2. The molecule has 106 valence electrons. The van der Waals surface area contributed by atoms with E-state index >= 15 is 0 Å². The summed E-state index contributed by atoms with van der Waals surface area (Å²) in [6, 6.07) is 12.9. The van der Waals surface area contributed by atoms with Crippen molar-refractivity contribution >= 4 is 21.6 Å². The van der Waals surface area contributed by atoms with Crippen molar-refractivity contribution in [2.45, 2.75) is 26.5 Å². The van der Waals surface area contributed by atoms with E-state index in [0.717, 1.165) is 17.0 Å². The largest absolute Gasteiger partial charge is 0.491 e. The first kappa shape index (κ1) is 14.9. The van der Waals surface area contributed by atoms with Crippen LogP contribution in [0.15, 0.2) is 46.9 Å². The molecule has 2 aromatic rings. The summed E-state index contributed by atoms with van der Waals surface area (Å²) in [6.45, 7) is 4.64. The number of ether oxygens (including phenoxy) is 1. The van der Waals surface area contributed by atoms with Crippen LogP contribution in [0.1, 0.15) is 19.4 Å². The molecule has 2 aromatic carbocycles. The van der Waals surface area contributed by atoms with Gasteiger partial charge in [-0.25, -0.2) is 4.39 Å². The van der Waals surface area contributed by atoms with Crippen molar-refractivity contribution in [1.29, 1.82) is 0 Å². The summed E-state index contributed by atoms with van der Waals surface area (Å²) in [7, 11) is 0. The fourth-order valence-electron chi connectivity index (χ4n) is 1.77. The fraction of sp³-hybridized carbons (Fsp3) is 0.250. The molecule has 0 bridgehead atoms. The first-order chi connectivity index (χ1) is 9.54. The topological polar surface area (TPSA) is 21.3 Å². The normalized spacial score (nSPS) is 10.7. The number of anilines is 1. The van der Waals surface area contributed by atoms with Gasteiger partial charge in [-0.2, -0.15) is 0 Å². The molecular weight excluding hydrogens is 321 g/mol. The maximum Gasteiger partial charge on any atom is 0.139 e. The summed E-state index contributed by atoms with van der Waals surface area (Å²) in [6.07, 6.45) is 0.171. The zero-order valence-corrected chi connectivity index (χ0v) is 13.1. The Morgan fingerprint density at radius 2 is 1.85 bits per heavy atom. The number of halogens is 2. The lowest BCUT2D eigenvalue weighted by atomic mass is 10.2. The first-order valence-corrected chi connectivity index (χ1v) is 7.28. The summed E-state index contributed by atoms with van der Waals surface area (Å²) < 4.78 is 19.4. The highest BCUT2D eigenvalue weighted by atomic mass is 79.9. The molecule has 0 saturated carbocycles. The van der Waals surface area contributed by atoms with Crippen LogP contribution in [0.5, 0.6) is 5.75 Å². The van der Waals surface area contributed by atoms with Crippen molar-refractivity contribution in [3.8, 4) is 5.75 Å². The molecule has 4 heteroatoms. The number of hydrogen-bond acceptors (Lipinski definition) is 2. The Hall–Kier alpha value is -1.55. The van der Waals surface area contributed by atoms with Crippen molar-refractivity contribution < 1.29 is 9.13 Å². The second-order valence-corrected chi connectivity index (χ2v) is 5.65. The number of rotatable bonds is 5. The maximum atomic E-state index is 13.4. The number of nitrogens with one attached hydrogen (secondary N) is 1. The van der Waals surface area contributed by atoms with Gasteiger partial charge in [0.25, 0.3) is 0 Å². The van der Waals surface area contributed by atoms with Gasteiger partial charge in [0.1, 0.15) is 11.6 Å². The molecule has 0 aliphatic rings. The Balaban J connectivity index is 1.95. The molecule has 0 amide bonds. The van der Waals surface area contributed by atoms with Crippen LogP contribution in [0, 0.1) is 5.82 Å². The van der Waals surface area contributed by atoms with Gasteiger partial charge in [-0.1, -0.05) is 12.1 Å². The van der Waals surface area contributed by atoms with Crippen LogP contribution in [-0.2, 0) is 6.54 Å². The summed E-state index contributed by atoms with van der Waals surface area (Å²) >= 11 is 3.14. The van der Waals surface area contributed by atoms with Crippen LogP contribution in [0.4, 0.5) is 10.1 Å². The summed E-state index contributed by atoms with van der Waals surface area (Å²) in [5.74, 6) is 0.592. The predicted octanol–water partition coefficient (Wildman–Crippen LogP) is 4.99. The molecule has 0 fully saturated rings. The van der Waals surface area contributed by atoms with Crippen LogP contribution in [0.25, 0.3) is 0 Å². The summed E-state index contributed by atoms with van der Waals surface area (Å²) in [5, 5.41) is 3.19. The van der Waals surface area contributed by atoms with Gasteiger partial charge in [0.15, 0.2) is 0 Å². The fourth-order valence-corrected chi connectivity index (χ4v) is 2.01. The van der Waals surface area contributed by atoms with Gasteiger partial charge >= 0.3 is 0 Å². The molecule has 0 aliphatic carbocycles. The second-order valence-electron chi connectivity index (χ2n) is 4.79. The van der Waals surface area contributed by atoms with Crippen LogP contribution in [0.3, 0.4) is 0 Å². The molecule has 0 aliphatic heterocycles. The Kier molecular flexibility index (Phi) is 5.01. The quantitative estimate of drug-likeness (QED) is 0.829. The average Bonchev–Trinajstić information content (AvgIpc) is 2.41. The molecule has 0 aromatic heterocycles. The van der Waals surface area contributed by atoms with Crippen molar-refractivity contribution in [3.05, 3.63) is 58.3 Å². The molecule has 0 saturated heterocycles. The van der Waals surface area contributed by atoms with E-state index in [1.54, 1.807) is 6.07 Å². The summed E-state index contributed by atoms with van der Waals surface area (Å²) in [4.78, 5) is 0. The monoisotopic (exact) mass is 337 g/mol. The van der Waals surface area contributed by atoms with Gasteiger partial charge < -0.3 is 10.1 Å². The molecule has 0 spiro atoms. The maximum absolute atomic E-state index is 13.4. The Morgan fingerprint density at radius 1 is 1.15 bits per heavy atom. The van der Waals surface area contributed by atoms with E-state index in [9.17, 15) is 4.39 Å². The third-order valence-electron chi connectivity index (χ3n) is 2.71. The first-order valence-electron chi connectivity index (χ1n) is 6.49. The molecule has 0 atom stereocenters. The van der Waals surface area contributed by atoms with E-state index in [2.05, 4.69) is 21.2 Å². The second kappa shape index (κ2) is 6.75. The third-order valence-corrected chi connectivity index (χ3v) is 3.35. The van der Waals surface area contributed by atoms with Gasteiger partial charge in [0.05, 0.1) is 10.6 Å². The predicted molar refractivity (Wildman–Crippen MR) is 83.6 cm³/mol. The highest BCUT2D eigenvalue weighted by Gasteiger charge is 2.01. The Bertz CT molecular complexity index is 569. The number of hydrogen-bond donors (Lipinski definition) is 1. The van der Waals surface area contributed by atoms with Gasteiger partial charge in [0, 0.05) is 12.2 Å². The standard InChI is InChI=1S/C16H17BrFNO/c1-11(2)20-14-6-3-12(4-7-14)10-19-13-5-8-15(17)16(18)9-13/h3-9,11,19H,10H2,1-2H3. The van der Waals surface area contributed by atoms with Gasteiger partial charge in [-0.05, 0) is 65.7 Å². The van der Waals surface area contributed by atoms with E-state index < -0.39 is 0 Å². The van der Waals surface area contributed by atoms with Gasteiger partial charge in [-0.15, -0.1) is 0 Å². The van der Waals surface area contributed by atoms with E-state index in [1.165, 1.54) is 6.07 Å². The van der Waals surface area contributed by atoms with E-state index in [0.29, 0.717) is 11.0 Å². The minimum atomic E-state index is -0.268. The van der Waals surface area contributed by atoms with Crippen molar-refractivity contribution in [3.63, 3.8) is 0 Å². The van der Waals surface area contributed by atoms with Crippen molar-refractivity contribution in [2.75, 3.05) is 5.32 Å². The average molecular weight is 338 g/mol. The van der Waals surface area contributed by atoms with Gasteiger partial charge in [0.2, 0.25) is 0 Å². The minimum absolute atomic E-state index is 0.171. The lowest BCUT2D eigenvalue weighted by molar-refractivity contribution is 0.242. The van der Waals surface area contributed by atoms with Gasteiger partial charge in [-0.3, -0.25) is 0 Å². The van der Waals surface area contributed by atoms with Crippen LogP contribution in [0.2, 0.25) is 0 Å². The molecule has 0 radical (unpaired) electrons. The SMILES string of the molecule is CC(C)Oc1ccc(CNc2ccc(Br)c(F)c2)cc1. The Morgan fingerprint density at radius 3 is 2.45 bits per heavy atom. The van der Waals surface area contributed by atoms with Crippen molar-refractivity contribution in [2.24, 2.45) is 0 Å². The van der Waals surface area contributed by atoms with Crippen LogP contribution < -0.4 is 10.1 Å². The van der Waals surface area contributed by atoms with Crippen LogP contribution in [-0.4, -0.2) is 6.10 Å². The molecule has 20 heavy (non-hydrogen) atoms. The lowest BCUT2D eigenvalue weighted by Crippen LogP contribution is -2.05. The summed E-state index contributed by atoms with van der Waals surface area (Å²) in [5.41, 5.74) is 1.87. The Labute approximate surface area is 127 Å². The minimum Gasteiger partial charge on any atom is -0.491 e. The highest BCUT2D eigenvalue weighted by molar-refractivity contribution is 9.10. The molecule has 0 heterocycles. The molecular formula is C16H17BrFNO. The molecule has 2 rings (SSSR count). The van der Waals surface area contributed by atoms with E-state index in [1.807, 2.05) is 44.2 Å². The zero-order chi connectivity index (χ0) is 14.5.